The van der Waals surface area contributed by atoms with Gasteiger partial charge in [0.25, 0.3) is 0 Å². The van der Waals surface area contributed by atoms with Gasteiger partial charge in [-0.05, 0) is 47.3 Å². The van der Waals surface area contributed by atoms with Crippen LogP contribution in [0.3, 0.4) is 0 Å². The summed E-state index contributed by atoms with van der Waals surface area (Å²) in [4.78, 5) is 23.9. The number of aromatic nitrogens is 1. The van der Waals surface area contributed by atoms with Crippen LogP contribution >= 0.6 is 0 Å². The first-order chi connectivity index (χ1) is 14.5. The van der Waals surface area contributed by atoms with E-state index in [4.69, 9.17) is 25.0 Å². The summed E-state index contributed by atoms with van der Waals surface area (Å²) in [6.45, 7) is 8.76. The molecule has 3 heterocycles. The van der Waals surface area contributed by atoms with Gasteiger partial charge in [-0.2, -0.15) is 0 Å². The molecule has 0 spiro atoms. The van der Waals surface area contributed by atoms with Gasteiger partial charge in [0.05, 0.1) is 11.4 Å². The quantitative estimate of drug-likeness (QED) is 0.345. The number of hydrogen-bond donors (Lipinski definition) is 0. The summed E-state index contributed by atoms with van der Waals surface area (Å²) in [5.74, 6) is 2.29. The molecule has 0 N–H and O–H groups in total. The molecule has 0 bridgehead atoms. The molecule has 34 heavy (non-hydrogen) atoms. The number of aliphatic imine (C=N–C) groups is 4. The monoisotopic (exact) mass is 556 g/mol. The molecule has 2 aliphatic carbocycles. The standard InChI is InChI=1S/C25H25N5.3ClH.Fe/c1-14(2)16-8-10-18-22(12-16)29-24(27-18)20-6-5-7-21(26-20)25-28-19-11-9-17(15(3)4)13-23(19)30-25;;;;/h5-15,18-19H,1-4H3;3*1H;/q;;;;+3/p-3. The molecule has 1 aromatic heterocycles. The van der Waals surface area contributed by atoms with E-state index < -0.39 is 0 Å². The average molecular weight is 558 g/mol. The number of pyridine rings is 1. The molecule has 5 nitrogen and oxygen atoms in total. The molecule has 2 unspecified atom stereocenters. The van der Waals surface area contributed by atoms with Crippen molar-refractivity contribution in [3.8, 4) is 0 Å². The van der Waals surface area contributed by atoms with Crippen LogP contribution in [0.5, 0.6) is 0 Å². The van der Waals surface area contributed by atoms with E-state index in [1.54, 1.807) is 0 Å². The summed E-state index contributed by atoms with van der Waals surface area (Å²) in [6.07, 6.45) is 12.8. The van der Waals surface area contributed by atoms with E-state index in [9.17, 15) is 0 Å². The van der Waals surface area contributed by atoms with Crippen LogP contribution in [0, 0.1) is 11.8 Å². The van der Waals surface area contributed by atoms with Gasteiger partial charge in [0.1, 0.15) is 23.5 Å². The third-order valence-electron chi connectivity index (χ3n) is 5.71. The zero-order valence-electron chi connectivity index (χ0n) is 19.2. The molecule has 179 valence electrons. The number of rotatable bonds is 4. The van der Waals surface area contributed by atoms with Crippen LogP contribution in [0.2, 0.25) is 0 Å². The normalized spacial score (nSPS) is 21.4. The first kappa shape index (κ1) is 30.2. The minimum atomic E-state index is -0.00961. The van der Waals surface area contributed by atoms with Crippen molar-refractivity contribution in [1.82, 2.24) is 4.98 Å². The topological polar surface area (TPSA) is 62.3 Å². The molecule has 1 radical (unpaired) electrons. The maximum absolute atomic E-state index is 4.80. The van der Waals surface area contributed by atoms with Crippen molar-refractivity contribution in [2.45, 2.75) is 39.8 Å². The number of nitrogens with zero attached hydrogens (tertiary/aromatic N) is 5. The maximum Gasteiger partial charge on any atom is 3.00 e. The van der Waals surface area contributed by atoms with Crippen molar-refractivity contribution in [3.63, 3.8) is 0 Å². The van der Waals surface area contributed by atoms with Gasteiger partial charge >= 0.3 is 17.1 Å². The van der Waals surface area contributed by atoms with Gasteiger partial charge in [-0.3, -0.25) is 9.98 Å². The van der Waals surface area contributed by atoms with Gasteiger partial charge in [-0.25, -0.2) is 15.0 Å². The molecule has 0 fully saturated rings. The molecule has 9 heteroatoms. The molecule has 0 aromatic carbocycles. The predicted molar refractivity (Wildman–Crippen MR) is 124 cm³/mol. The fraction of sp³-hybridized carbons (Fsp3) is 0.320. The SMILES string of the molecule is CC(C)C1=CC2=NC(c3cccc(C4=NC5C=CC(C(C)C)=CC5=N4)n3)=NC2C=C1.[Cl-].[Cl-].[Cl-].[Fe+3]. The van der Waals surface area contributed by atoms with Crippen LogP contribution in [-0.4, -0.2) is 40.2 Å². The predicted octanol–water partition coefficient (Wildman–Crippen LogP) is -4.46. The average Bonchev–Trinajstić information content (AvgIpc) is 3.36. The van der Waals surface area contributed by atoms with Crippen molar-refractivity contribution >= 4 is 23.1 Å². The van der Waals surface area contributed by atoms with E-state index in [0.717, 1.165) is 22.8 Å². The van der Waals surface area contributed by atoms with Crippen LogP contribution in [0.4, 0.5) is 0 Å². The van der Waals surface area contributed by atoms with Crippen molar-refractivity contribution in [3.05, 3.63) is 77.2 Å². The largest absolute Gasteiger partial charge is 3.00 e. The third kappa shape index (κ3) is 5.87. The van der Waals surface area contributed by atoms with Crippen LogP contribution in [0.15, 0.2) is 85.8 Å². The fourth-order valence-corrected chi connectivity index (χ4v) is 3.84. The zero-order chi connectivity index (χ0) is 20.8. The Kier molecular flexibility index (Phi) is 10.9. The zero-order valence-corrected chi connectivity index (χ0v) is 22.6. The van der Waals surface area contributed by atoms with E-state index in [-0.39, 0.29) is 66.4 Å². The van der Waals surface area contributed by atoms with Crippen molar-refractivity contribution in [1.29, 1.82) is 0 Å². The minimum absolute atomic E-state index is 0. The molecule has 2 aliphatic heterocycles. The molecule has 2 atom stereocenters. The van der Waals surface area contributed by atoms with E-state index in [1.165, 1.54) is 11.1 Å². The van der Waals surface area contributed by atoms with Crippen molar-refractivity contribution in [2.24, 2.45) is 31.8 Å². The molecular formula is C25H25Cl3FeN5. The Bertz CT molecular complexity index is 1090. The molecule has 0 amide bonds. The van der Waals surface area contributed by atoms with E-state index in [2.05, 4.69) is 64.2 Å². The summed E-state index contributed by atoms with van der Waals surface area (Å²) in [5.41, 5.74) is 6.06. The Labute approximate surface area is 230 Å². The fourth-order valence-electron chi connectivity index (χ4n) is 3.84. The van der Waals surface area contributed by atoms with Gasteiger partial charge in [0.15, 0.2) is 11.7 Å². The van der Waals surface area contributed by atoms with Gasteiger partial charge in [-0.15, -0.1) is 0 Å². The summed E-state index contributed by atoms with van der Waals surface area (Å²) >= 11 is 0. The van der Waals surface area contributed by atoms with Crippen LogP contribution in [0.25, 0.3) is 0 Å². The van der Waals surface area contributed by atoms with Gasteiger partial charge in [0, 0.05) is 0 Å². The number of amidine groups is 2. The number of fused-ring (bicyclic) bond motifs is 2. The molecule has 0 saturated heterocycles. The van der Waals surface area contributed by atoms with E-state index in [1.807, 2.05) is 18.2 Å². The van der Waals surface area contributed by atoms with Crippen LogP contribution in [-0.2, 0) is 17.1 Å². The summed E-state index contributed by atoms with van der Waals surface area (Å²) in [7, 11) is 0. The van der Waals surface area contributed by atoms with Crippen molar-refractivity contribution in [2.75, 3.05) is 0 Å². The second-order valence-corrected chi connectivity index (χ2v) is 8.59. The van der Waals surface area contributed by atoms with Crippen LogP contribution in [0.1, 0.15) is 39.1 Å². The van der Waals surface area contributed by atoms with Crippen molar-refractivity contribution < 1.29 is 54.3 Å². The van der Waals surface area contributed by atoms with Gasteiger partial charge < -0.3 is 37.2 Å². The Morgan fingerprint density at radius 1 is 0.676 bits per heavy atom. The first-order valence-electron chi connectivity index (χ1n) is 10.6. The number of allylic oxidation sites excluding steroid dienone is 4. The molecule has 0 saturated carbocycles. The Hall–Kier alpha value is -1.82. The Morgan fingerprint density at radius 3 is 1.47 bits per heavy atom. The van der Waals surface area contributed by atoms with Crippen LogP contribution < -0.4 is 37.2 Å². The smallest absolute Gasteiger partial charge is 1.00 e. The molecule has 1 aromatic rings. The molecular weight excluding hydrogens is 533 g/mol. The minimum Gasteiger partial charge on any atom is -1.00 e. The second-order valence-electron chi connectivity index (χ2n) is 8.59. The summed E-state index contributed by atoms with van der Waals surface area (Å²) < 4.78 is 0. The molecule has 5 rings (SSSR count). The maximum atomic E-state index is 4.80. The second kappa shape index (κ2) is 12.2. The Morgan fingerprint density at radius 2 is 1.09 bits per heavy atom. The number of halogens is 3. The van der Waals surface area contributed by atoms with E-state index >= 15 is 0 Å². The Balaban J connectivity index is 0.00000144. The molecule has 4 aliphatic rings. The first-order valence-corrected chi connectivity index (χ1v) is 10.6. The summed E-state index contributed by atoms with van der Waals surface area (Å²) in [5, 5.41) is 0. The van der Waals surface area contributed by atoms with Gasteiger partial charge in [-0.1, -0.05) is 58.1 Å². The summed E-state index contributed by atoms with van der Waals surface area (Å²) in [6, 6.07) is 5.86. The number of hydrogen-bond acceptors (Lipinski definition) is 5. The van der Waals surface area contributed by atoms with E-state index in [0.29, 0.717) is 23.5 Å². The third-order valence-corrected chi connectivity index (χ3v) is 5.71. The van der Waals surface area contributed by atoms with Gasteiger partial charge in [0.2, 0.25) is 0 Å².